The van der Waals surface area contributed by atoms with Crippen molar-refractivity contribution >= 4 is 5.91 Å². The molecule has 7 nitrogen and oxygen atoms in total. The number of ether oxygens (including phenoxy) is 1. The standard InChI is InChI=1S/C15H14F3N5O2/c16-15(17,18)10-4-8(12(19)24)3-9(5-10)13-21-7-22-14(23-13)11-6-20-1-2-25-11/h3-5,7,11,20H,1-2,6H2,(H2,19,24). The van der Waals surface area contributed by atoms with Crippen LogP contribution in [0.15, 0.2) is 24.5 Å². The van der Waals surface area contributed by atoms with Crippen LogP contribution in [0.25, 0.3) is 11.4 Å². The third-order valence-electron chi connectivity index (χ3n) is 3.61. The second-order valence-electron chi connectivity index (χ2n) is 5.39. The molecule has 0 bridgehead atoms. The monoisotopic (exact) mass is 353 g/mol. The average Bonchev–Trinajstić information content (AvgIpc) is 2.61. The number of aromatic nitrogens is 3. The molecular weight excluding hydrogens is 339 g/mol. The fourth-order valence-electron chi connectivity index (χ4n) is 2.40. The molecule has 0 aliphatic carbocycles. The Morgan fingerprint density at radius 2 is 2.08 bits per heavy atom. The summed E-state index contributed by atoms with van der Waals surface area (Å²) in [6.45, 7) is 1.66. The molecule has 1 unspecified atom stereocenters. The van der Waals surface area contributed by atoms with E-state index in [2.05, 4.69) is 20.3 Å². The van der Waals surface area contributed by atoms with Crippen molar-refractivity contribution < 1.29 is 22.7 Å². The number of primary amides is 1. The molecule has 1 amide bonds. The summed E-state index contributed by atoms with van der Waals surface area (Å²) in [6.07, 6.45) is -3.86. The second-order valence-corrected chi connectivity index (χ2v) is 5.39. The fourth-order valence-corrected chi connectivity index (χ4v) is 2.40. The Labute approximate surface area is 140 Å². The van der Waals surface area contributed by atoms with Gasteiger partial charge in [0.25, 0.3) is 0 Å². The van der Waals surface area contributed by atoms with Crippen molar-refractivity contribution in [3.63, 3.8) is 0 Å². The normalized spacial score (nSPS) is 18.1. The Bertz CT molecular complexity index is 791. The van der Waals surface area contributed by atoms with E-state index in [9.17, 15) is 18.0 Å². The summed E-state index contributed by atoms with van der Waals surface area (Å²) in [5.74, 6) is -0.663. The van der Waals surface area contributed by atoms with Gasteiger partial charge in [0.1, 0.15) is 12.4 Å². The third-order valence-corrected chi connectivity index (χ3v) is 3.61. The van der Waals surface area contributed by atoms with Gasteiger partial charge in [0.05, 0.1) is 12.2 Å². The van der Waals surface area contributed by atoms with Crippen molar-refractivity contribution in [3.05, 3.63) is 41.5 Å². The van der Waals surface area contributed by atoms with Gasteiger partial charge in [0.15, 0.2) is 11.6 Å². The van der Waals surface area contributed by atoms with Gasteiger partial charge in [-0.25, -0.2) is 15.0 Å². The maximum absolute atomic E-state index is 13.1. The van der Waals surface area contributed by atoms with Crippen molar-refractivity contribution in [3.8, 4) is 11.4 Å². The van der Waals surface area contributed by atoms with E-state index in [0.29, 0.717) is 31.6 Å². The molecule has 1 aromatic carbocycles. The number of morpholine rings is 1. The van der Waals surface area contributed by atoms with Gasteiger partial charge in [-0.3, -0.25) is 4.79 Å². The van der Waals surface area contributed by atoms with E-state index in [0.717, 1.165) is 6.07 Å². The van der Waals surface area contributed by atoms with Crippen LogP contribution in [0.4, 0.5) is 13.2 Å². The second kappa shape index (κ2) is 6.73. The van der Waals surface area contributed by atoms with E-state index >= 15 is 0 Å². The van der Waals surface area contributed by atoms with Crippen molar-refractivity contribution in [2.24, 2.45) is 5.73 Å². The van der Waals surface area contributed by atoms with Gasteiger partial charge in [-0.05, 0) is 18.2 Å². The van der Waals surface area contributed by atoms with Gasteiger partial charge < -0.3 is 15.8 Å². The van der Waals surface area contributed by atoms with E-state index in [4.69, 9.17) is 10.5 Å². The lowest BCUT2D eigenvalue weighted by Crippen LogP contribution is -2.34. The molecule has 1 aromatic heterocycles. The van der Waals surface area contributed by atoms with Crippen LogP contribution < -0.4 is 11.1 Å². The molecule has 2 aromatic rings. The number of nitrogens with two attached hydrogens (primary N) is 1. The highest BCUT2D eigenvalue weighted by Crippen LogP contribution is 2.32. The number of benzene rings is 1. The van der Waals surface area contributed by atoms with Crippen molar-refractivity contribution in [2.45, 2.75) is 12.3 Å². The van der Waals surface area contributed by atoms with E-state index in [1.165, 1.54) is 12.4 Å². The summed E-state index contributed by atoms with van der Waals surface area (Å²) in [5.41, 5.74) is 3.88. The van der Waals surface area contributed by atoms with Crippen LogP contribution in [0.1, 0.15) is 27.8 Å². The van der Waals surface area contributed by atoms with Gasteiger partial charge in [0.2, 0.25) is 5.91 Å². The van der Waals surface area contributed by atoms with Gasteiger partial charge in [-0.15, -0.1) is 0 Å². The number of rotatable bonds is 3. The molecule has 132 valence electrons. The summed E-state index contributed by atoms with van der Waals surface area (Å²) in [6, 6.07) is 2.78. The Hall–Kier alpha value is -2.59. The predicted molar refractivity (Wildman–Crippen MR) is 80.3 cm³/mol. The molecule has 1 aliphatic rings. The minimum absolute atomic E-state index is 0.00720. The van der Waals surface area contributed by atoms with Gasteiger partial charge in [0, 0.05) is 24.2 Å². The third kappa shape index (κ3) is 3.91. The van der Waals surface area contributed by atoms with Crippen LogP contribution in [-0.2, 0) is 10.9 Å². The first-order valence-electron chi connectivity index (χ1n) is 7.38. The topological polar surface area (TPSA) is 103 Å². The predicted octanol–water partition coefficient (Wildman–Crippen LogP) is 1.32. The summed E-state index contributed by atoms with van der Waals surface area (Å²) in [7, 11) is 0. The zero-order chi connectivity index (χ0) is 18.0. The molecule has 1 atom stereocenters. The number of alkyl halides is 3. The lowest BCUT2D eigenvalue weighted by atomic mass is 10.0. The van der Waals surface area contributed by atoms with E-state index < -0.39 is 23.8 Å². The largest absolute Gasteiger partial charge is 0.416 e. The Morgan fingerprint density at radius 1 is 1.28 bits per heavy atom. The summed E-state index contributed by atoms with van der Waals surface area (Å²) >= 11 is 0. The lowest BCUT2D eigenvalue weighted by Gasteiger charge is -2.22. The van der Waals surface area contributed by atoms with Gasteiger partial charge >= 0.3 is 6.18 Å². The molecule has 3 N–H and O–H groups in total. The Balaban J connectivity index is 2.03. The minimum atomic E-state index is -4.63. The van der Waals surface area contributed by atoms with Crippen LogP contribution in [0.3, 0.4) is 0 Å². The average molecular weight is 353 g/mol. The van der Waals surface area contributed by atoms with Crippen molar-refractivity contribution in [2.75, 3.05) is 19.7 Å². The summed E-state index contributed by atoms with van der Waals surface area (Å²) in [4.78, 5) is 23.5. The van der Waals surface area contributed by atoms with Crippen LogP contribution in [-0.4, -0.2) is 40.6 Å². The molecule has 2 heterocycles. The molecule has 0 radical (unpaired) electrons. The maximum Gasteiger partial charge on any atom is 0.416 e. The fraction of sp³-hybridized carbons (Fsp3) is 0.333. The van der Waals surface area contributed by atoms with E-state index in [1.807, 2.05) is 0 Å². The number of nitrogens with one attached hydrogen (secondary N) is 1. The van der Waals surface area contributed by atoms with Crippen molar-refractivity contribution in [1.29, 1.82) is 0 Å². The molecule has 1 fully saturated rings. The van der Waals surface area contributed by atoms with Crippen LogP contribution >= 0.6 is 0 Å². The number of nitrogens with zero attached hydrogens (tertiary/aromatic N) is 3. The molecular formula is C15H14F3N5O2. The molecule has 0 saturated carbocycles. The number of carbonyl (C=O) groups is 1. The van der Waals surface area contributed by atoms with Gasteiger partial charge in [-0.1, -0.05) is 0 Å². The number of hydrogen-bond donors (Lipinski definition) is 2. The molecule has 3 rings (SSSR count). The first-order chi connectivity index (χ1) is 11.8. The van der Waals surface area contributed by atoms with Gasteiger partial charge in [-0.2, -0.15) is 13.2 Å². The molecule has 1 saturated heterocycles. The molecule has 1 aliphatic heterocycles. The number of halogens is 3. The van der Waals surface area contributed by atoms with Crippen LogP contribution in [0.2, 0.25) is 0 Å². The Morgan fingerprint density at radius 3 is 2.72 bits per heavy atom. The highest BCUT2D eigenvalue weighted by Gasteiger charge is 2.32. The summed E-state index contributed by atoms with van der Waals surface area (Å²) in [5, 5.41) is 3.11. The molecule has 0 spiro atoms. The number of hydrogen-bond acceptors (Lipinski definition) is 6. The zero-order valence-electron chi connectivity index (χ0n) is 12.9. The van der Waals surface area contributed by atoms with E-state index in [-0.39, 0.29) is 17.0 Å². The summed E-state index contributed by atoms with van der Waals surface area (Å²) < 4.78 is 44.7. The van der Waals surface area contributed by atoms with Crippen molar-refractivity contribution in [1.82, 2.24) is 20.3 Å². The van der Waals surface area contributed by atoms with E-state index in [1.54, 1.807) is 0 Å². The quantitative estimate of drug-likeness (QED) is 0.863. The minimum Gasteiger partial charge on any atom is -0.368 e. The Kier molecular flexibility index (Phi) is 4.64. The highest BCUT2D eigenvalue weighted by atomic mass is 19.4. The van der Waals surface area contributed by atoms with Crippen LogP contribution in [0.5, 0.6) is 0 Å². The molecule has 10 heteroatoms. The first-order valence-corrected chi connectivity index (χ1v) is 7.38. The highest BCUT2D eigenvalue weighted by molar-refractivity contribution is 5.94. The lowest BCUT2D eigenvalue weighted by molar-refractivity contribution is -0.137. The zero-order valence-corrected chi connectivity index (χ0v) is 12.9. The first kappa shape index (κ1) is 17.2. The smallest absolute Gasteiger partial charge is 0.368 e. The number of carbonyl (C=O) groups excluding carboxylic acids is 1. The number of amides is 1. The maximum atomic E-state index is 13.1. The SMILES string of the molecule is NC(=O)c1cc(-c2ncnc(C3CNCCO3)n2)cc(C(F)(F)F)c1. The van der Waals surface area contributed by atoms with Crippen LogP contribution in [0, 0.1) is 0 Å². The molecule has 25 heavy (non-hydrogen) atoms.